The first-order chi connectivity index (χ1) is 6.20. The summed E-state index contributed by atoms with van der Waals surface area (Å²) in [6, 6.07) is 0.450. The van der Waals surface area contributed by atoms with Crippen molar-refractivity contribution in [3.63, 3.8) is 0 Å². The average molecular weight is 214 g/mol. The van der Waals surface area contributed by atoms with E-state index in [0.29, 0.717) is 22.0 Å². The minimum atomic E-state index is 0.393. The fourth-order valence-corrected chi connectivity index (χ4v) is 3.32. The molecule has 0 heterocycles. The van der Waals surface area contributed by atoms with Crippen LogP contribution in [-0.2, 0) is 0 Å². The van der Waals surface area contributed by atoms with Crippen molar-refractivity contribution in [3.8, 4) is 0 Å². The maximum atomic E-state index is 5.52. The van der Waals surface area contributed by atoms with Gasteiger partial charge in [0.15, 0.2) is 5.11 Å². The second-order valence-electron chi connectivity index (χ2n) is 6.12. The molecule has 0 atom stereocenters. The molecule has 82 valence electrons. The number of rotatable bonds is 1. The Balaban J connectivity index is 2.66. The first-order valence-corrected chi connectivity index (χ1v) is 5.67. The van der Waals surface area contributed by atoms with Gasteiger partial charge in [-0.25, -0.2) is 0 Å². The molecule has 2 nitrogen and oxygen atoms in total. The van der Waals surface area contributed by atoms with Gasteiger partial charge in [-0.1, -0.05) is 27.7 Å². The molecule has 0 bridgehead atoms. The van der Waals surface area contributed by atoms with Crippen molar-refractivity contribution in [2.24, 2.45) is 16.6 Å². The minimum Gasteiger partial charge on any atom is -0.376 e. The molecule has 3 heteroatoms. The molecule has 1 rings (SSSR count). The molecule has 3 N–H and O–H groups in total. The van der Waals surface area contributed by atoms with Gasteiger partial charge in [0, 0.05) is 6.04 Å². The van der Waals surface area contributed by atoms with Gasteiger partial charge in [-0.15, -0.1) is 0 Å². The predicted octanol–water partition coefficient (Wildman–Crippen LogP) is 2.42. The molecule has 0 radical (unpaired) electrons. The molecule has 1 aliphatic carbocycles. The second-order valence-corrected chi connectivity index (χ2v) is 6.56. The van der Waals surface area contributed by atoms with Gasteiger partial charge in [-0.3, -0.25) is 0 Å². The number of nitrogens with two attached hydrogens (primary N) is 1. The zero-order chi connectivity index (χ0) is 11.0. The summed E-state index contributed by atoms with van der Waals surface area (Å²) in [5.41, 5.74) is 6.31. The van der Waals surface area contributed by atoms with E-state index in [1.54, 1.807) is 0 Å². The van der Waals surface area contributed by atoms with Gasteiger partial charge in [0.25, 0.3) is 0 Å². The van der Waals surface area contributed by atoms with Crippen LogP contribution < -0.4 is 11.1 Å². The minimum absolute atomic E-state index is 0.393. The molecule has 14 heavy (non-hydrogen) atoms. The second kappa shape index (κ2) is 3.69. The molecule has 0 aromatic heterocycles. The van der Waals surface area contributed by atoms with E-state index in [-0.39, 0.29) is 0 Å². The van der Waals surface area contributed by atoms with Crippen LogP contribution in [0.2, 0.25) is 0 Å². The summed E-state index contributed by atoms with van der Waals surface area (Å²) < 4.78 is 0. The zero-order valence-corrected chi connectivity index (χ0v) is 10.5. The smallest absolute Gasteiger partial charge is 0.163 e. The van der Waals surface area contributed by atoms with Gasteiger partial charge in [0.05, 0.1) is 0 Å². The maximum Gasteiger partial charge on any atom is 0.163 e. The fraction of sp³-hybridized carbons (Fsp3) is 0.909. The summed E-state index contributed by atoms with van der Waals surface area (Å²) in [4.78, 5) is 0. The number of nitrogens with one attached hydrogen (secondary N) is 1. The van der Waals surface area contributed by atoms with Crippen LogP contribution in [0.25, 0.3) is 0 Å². The Hall–Kier alpha value is -0.310. The van der Waals surface area contributed by atoms with Crippen LogP contribution in [0.15, 0.2) is 0 Å². The lowest BCUT2D eigenvalue weighted by Crippen LogP contribution is -2.47. The van der Waals surface area contributed by atoms with Crippen molar-refractivity contribution in [1.82, 2.24) is 5.32 Å². The molecule has 1 aliphatic rings. The van der Waals surface area contributed by atoms with E-state index < -0.39 is 0 Å². The molecule has 0 amide bonds. The third kappa shape index (κ3) is 3.45. The Labute approximate surface area is 92.6 Å². The van der Waals surface area contributed by atoms with Crippen LogP contribution in [0.1, 0.15) is 47.0 Å². The fourth-order valence-electron chi connectivity index (χ4n) is 3.15. The normalized spacial score (nSPS) is 25.7. The molecule has 1 fully saturated rings. The molecule has 1 saturated carbocycles. The largest absolute Gasteiger partial charge is 0.376 e. The van der Waals surface area contributed by atoms with Crippen molar-refractivity contribution < 1.29 is 0 Å². The summed E-state index contributed by atoms with van der Waals surface area (Å²) in [5.74, 6) is 0. The summed E-state index contributed by atoms with van der Waals surface area (Å²) in [7, 11) is 0. The van der Waals surface area contributed by atoms with Crippen molar-refractivity contribution in [3.05, 3.63) is 0 Å². The average Bonchev–Trinajstić information content (AvgIpc) is 1.74. The lowest BCUT2D eigenvalue weighted by Gasteiger charge is -2.45. The van der Waals surface area contributed by atoms with Crippen molar-refractivity contribution in [2.75, 3.05) is 0 Å². The molecule has 0 aromatic carbocycles. The molecule has 0 aliphatic heterocycles. The van der Waals surface area contributed by atoms with E-state index in [9.17, 15) is 0 Å². The molecular formula is C11H22N2S. The van der Waals surface area contributed by atoms with Crippen molar-refractivity contribution >= 4 is 17.3 Å². The quantitative estimate of drug-likeness (QED) is 0.658. The van der Waals surface area contributed by atoms with Gasteiger partial charge < -0.3 is 11.1 Å². The summed E-state index contributed by atoms with van der Waals surface area (Å²) in [5, 5.41) is 3.64. The van der Waals surface area contributed by atoms with E-state index >= 15 is 0 Å². The SMILES string of the molecule is CC1(C)CC(NC(N)=S)CC(C)(C)C1. The van der Waals surface area contributed by atoms with E-state index in [1.165, 1.54) is 6.42 Å². The Morgan fingerprint density at radius 3 is 2.00 bits per heavy atom. The van der Waals surface area contributed by atoms with Gasteiger partial charge in [-0.2, -0.15) is 0 Å². The highest BCUT2D eigenvalue weighted by Gasteiger charge is 2.38. The molecular weight excluding hydrogens is 192 g/mol. The highest BCUT2D eigenvalue weighted by molar-refractivity contribution is 7.80. The van der Waals surface area contributed by atoms with E-state index in [1.807, 2.05) is 0 Å². The van der Waals surface area contributed by atoms with E-state index in [2.05, 4.69) is 33.0 Å². The van der Waals surface area contributed by atoms with Gasteiger partial charge in [0.1, 0.15) is 0 Å². The van der Waals surface area contributed by atoms with Crippen molar-refractivity contribution in [1.29, 1.82) is 0 Å². The van der Waals surface area contributed by atoms with Crippen molar-refractivity contribution in [2.45, 2.75) is 53.0 Å². The standard InChI is InChI=1S/C11H22N2S/c1-10(2)5-8(13-9(12)14)6-11(3,4)7-10/h8H,5-7H2,1-4H3,(H3,12,13,14). The molecule has 0 spiro atoms. The third-order valence-electron chi connectivity index (χ3n) is 2.90. The van der Waals surface area contributed by atoms with E-state index in [4.69, 9.17) is 18.0 Å². The van der Waals surface area contributed by atoms with Crippen LogP contribution in [-0.4, -0.2) is 11.2 Å². The third-order valence-corrected chi connectivity index (χ3v) is 3.02. The maximum absolute atomic E-state index is 5.52. The highest BCUT2D eigenvalue weighted by Crippen LogP contribution is 2.45. The lowest BCUT2D eigenvalue weighted by molar-refractivity contribution is 0.0923. The van der Waals surface area contributed by atoms with Crippen LogP contribution >= 0.6 is 12.2 Å². The Kier molecular flexibility index (Phi) is 3.10. The van der Waals surface area contributed by atoms with Crippen LogP contribution in [0.3, 0.4) is 0 Å². The summed E-state index contributed by atoms with van der Waals surface area (Å²) >= 11 is 4.89. The van der Waals surface area contributed by atoms with Crippen LogP contribution in [0, 0.1) is 10.8 Å². The predicted molar refractivity (Wildman–Crippen MR) is 65.1 cm³/mol. The first-order valence-electron chi connectivity index (χ1n) is 5.26. The summed E-state index contributed by atoms with van der Waals surface area (Å²) in [6.45, 7) is 9.29. The Morgan fingerprint density at radius 2 is 1.64 bits per heavy atom. The number of hydrogen-bond donors (Lipinski definition) is 2. The Bertz CT molecular complexity index is 217. The van der Waals surface area contributed by atoms with Crippen LogP contribution in [0.4, 0.5) is 0 Å². The number of thiocarbonyl (C=S) groups is 1. The van der Waals surface area contributed by atoms with Gasteiger partial charge in [-0.05, 0) is 42.3 Å². The molecule has 0 saturated heterocycles. The molecule has 0 aromatic rings. The highest BCUT2D eigenvalue weighted by atomic mass is 32.1. The van der Waals surface area contributed by atoms with E-state index in [0.717, 1.165) is 12.8 Å². The first kappa shape index (κ1) is 11.8. The van der Waals surface area contributed by atoms with Gasteiger partial charge >= 0.3 is 0 Å². The van der Waals surface area contributed by atoms with Gasteiger partial charge in [0.2, 0.25) is 0 Å². The number of hydrogen-bond acceptors (Lipinski definition) is 1. The monoisotopic (exact) mass is 214 g/mol. The topological polar surface area (TPSA) is 38.0 Å². The lowest BCUT2D eigenvalue weighted by atomic mass is 9.63. The van der Waals surface area contributed by atoms with Crippen LogP contribution in [0.5, 0.6) is 0 Å². The molecule has 0 unspecified atom stereocenters. The zero-order valence-electron chi connectivity index (χ0n) is 9.68. The summed E-state index contributed by atoms with van der Waals surface area (Å²) in [6.07, 6.45) is 3.59. The Morgan fingerprint density at radius 1 is 1.21 bits per heavy atom.